The molecule has 2 aliphatic carbocycles. The second kappa shape index (κ2) is 4.14. The van der Waals surface area contributed by atoms with Crippen molar-refractivity contribution in [1.82, 2.24) is 0 Å². The quantitative estimate of drug-likeness (QED) is 0.707. The van der Waals surface area contributed by atoms with Gasteiger partial charge in [-0.05, 0) is 42.9 Å². The lowest BCUT2D eigenvalue weighted by Crippen LogP contribution is -2.24. The molecule has 1 unspecified atom stereocenters. The Morgan fingerprint density at radius 1 is 1.29 bits per heavy atom. The van der Waals surface area contributed by atoms with Crippen LogP contribution in [0.2, 0.25) is 0 Å². The molecule has 1 nitrogen and oxygen atoms in total. The minimum absolute atomic E-state index is 0.198. The van der Waals surface area contributed by atoms with Gasteiger partial charge in [0.05, 0.1) is 0 Å². The summed E-state index contributed by atoms with van der Waals surface area (Å²) in [5, 5.41) is 0. The van der Waals surface area contributed by atoms with Gasteiger partial charge in [0.15, 0.2) is 5.78 Å². The fourth-order valence-electron chi connectivity index (χ4n) is 3.06. The summed E-state index contributed by atoms with van der Waals surface area (Å²) in [5.41, 5.74) is 4.74. The molecule has 1 aromatic carbocycles. The normalized spacial score (nSPS) is 22.8. The molecule has 1 saturated carbocycles. The molecule has 1 atom stereocenters. The molecule has 2 aliphatic rings. The van der Waals surface area contributed by atoms with E-state index < -0.39 is 0 Å². The van der Waals surface area contributed by atoms with Gasteiger partial charge in [-0.1, -0.05) is 37.1 Å². The summed E-state index contributed by atoms with van der Waals surface area (Å²) >= 11 is 0. The van der Waals surface area contributed by atoms with E-state index in [1.165, 1.54) is 24.0 Å². The lowest BCUT2D eigenvalue weighted by Gasteiger charge is -2.29. The average molecular weight is 226 g/mol. The standard InChI is InChI=1S/C16H18O/c1-2-11-7-8-13-10-12-5-3-4-6-14(12)16(17)15(13)9-11/h7-10,14H,2-6H2,1H3. The Kier molecular flexibility index (Phi) is 2.62. The number of carbonyl (C=O) groups excluding carboxylic acids is 1. The van der Waals surface area contributed by atoms with Crippen molar-refractivity contribution in [2.45, 2.75) is 39.0 Å². The van der Waals surface area contributed by atoms with Gasteiger partial charge in [-0.25, -0.2) is 0 Å². The van der Waals surface area contributed by atoms with Gasteiger partial charge >= 0.3 is 0 Å². The van der Waals surface area contributed by atoms with Crippen molar-refractivity contribution >= 4 is 11.9 Å². The molecule has 1 fully saturated rings. The molecule has 0 aliphatic heterocycles. The Morgan fingerprint density at radius 3 is 3.00 bits per heavy atom. The predicted molar refractivity (Wildman–Crippen MR) is 70.1 cm³/mol. The van der Waals surface area contributed by atoms with E-state index in [-0.39, 0.29) is 5.92 Å². The molecule has 17 heavy (non-hydrogen) atoms. The van der Waals surface area contributed by atoms with Crippen molar-refractivity contribution in [3.05, 3.63) is 40.5 Å². The third-order valence-electron chi connectivity index (χ3n) is 4.10. The third kappa shape index (κ3) is 1.74. The van der Waals surface area contributed by atoms with Crippen LogP contribution < -0.4 is 0 Å². The van der Waals surface area contributed by atoms with E-state index in [9.17, 15) is 4.79 Å². The highest BCUT2D eigenvalue weighted by molar-refractivity contribution is 6.05. The summed E-state index contributed by atoms with van der Waals surface area (Å²) < 4.78 is 0. The van der Waals surface area contributed by atoms with E-state index in [1.54, 1.807) is 0 Å². The van der Waals surface area contributed by atoms with Crippen LogP contribution in [0, 0.1) is 5.92 Å². The Morgan fingerprint density at radius 2 is 2.18 bits per heavy atom. The molecule has 3 rings (SSSR count). The van der Waals surface area contributed by atoms with Crippen LogP contribution in [0.3, 0.4) is 0 Å². The molecule has 0 heterocycles. The number of aryl methyl sites for hydroxylation is 1. The summed E-state index contributed by atoms with van der Waals surface area (Å²) in [4.78, 5) is 12.5. The Labute approximate surface area is 103 Å². The second-order valence-corrected chi connectivity index (χ2v) is 5.16. The highest BCUT2D eigenvalue weighted by Gasteiger charge is 2.31. The summed E-state index contributed by atoms with van der Waals surface area (Å²) in [6.45, 7) is 2.14. The zero-order chi connectivity index (χ0) is 11.8. The minimum atomic E-state index is 0.198. The molecule has 0 amide bonds. The van der Waals surface area contributed by atoms with Crippen LogP contribution in [-0.2, 0) is 6.42 Å². The first-order chi connectivity index (χ1) is 8.29. The zero-order valence-corrected chi connectivity index (χ0v) is 10.3. The summed E-state index contributed by atoms with van der Waals surface area (Å²) in [7, 11) is 0. The Balaban J connectivity index is 2.09. The van der Waals surface area contributed by atoms with Crippen molar-refractivity contribution in [3.63, 3.8) is 0 Å². The van der Waals surface area contributed by atoms with Gasteiger partial charge in [0.1, 0.15) is 0 Å². The van der Waals surface area contributed by atoms with Crippen LogP contribution in [0.4, 0.5) is 0 Å². The maximum Gasteiger partial charge on any atom is 0.170 e. The van der Waals surface area contributed by atoms with Gasteiger partial charge in [0.25, 0.3) is 0 Å². The number of hydrogen-bond donors (Lipinski definition) is 0. The van der Waals surface area contributed by atoms with Crippen LogP contribution in [0.5, 0.6) is 0 Å². The number of benzene rings is 1. The van der Waals surface area contributed by atoms with Crippen LogP contribution in [-0.4, -0.2) is 5.78 Å². The summed E-state index contributed by atoms with van der Waals surface area (Å²) in [5.74, 6) is 0.566. The SMILES string of the molecule is CCc1ccc2c(c1)C(=O)C1CCCCC1=C2. The molecule has 0 saturated heterocycles. The minimum Gasteiger partial charge on any atom is -0.293 e. The highest BCUT2D eigenvalue weighted by Crippen LogP contribution is 2.38. The van der Waals surface area contributed by atoms with E-state index in [2.05, 4.69) is 31.2 Å². The van der Waals surface area contributed by atoms with Gasteiger partial charge in [-0.15, -0.1) is 0 Å². The van der Waals surface area contributed by atoms with E-state index in [1.807, 2.05) is 0 Å². The van der Waals surface area contributed by atoms with E-state index >= 15 is 0 Å². The maximum absolute atomic E-state index is 12.5. The van der Waals surface area contributed by atoms with Crippen molar-refractivity contribution < 1.29 is 4.79 Å². The zero-order valence-electron chi connectivity index (χ0n) is 10.3. The molecule has 1 aromatic rings. The van der Waals surface area contributed by atoms with Crippen molar-refractivity contribution in [3.8, 4) is 0 Å². The Hall–Kier alpha value is -1.37. The first-order valence-corrected chi connectivity index (χ1v) is 6.67. The molecule has 0 spiro atoms. The van der Waals surface area contributed by atoms with Gasteiger partial charge in [0.2, 0.25) is 0 Å². The Bertz CT molecular complexity index is 496. The number of ketones is 1. The van der Waals surface area contributed by atoms with Gasteiger partial charge in [-0.2, -0.15) is 0 Å². The smallest absolute Gasteiger partial charge is 0.170 e. The largest absolute Gasteiger partial charge is 0.293 e. The predicted octanol–water partition coefficient (Wildman–Crippen LogP) is 4.02. The monoisotopic (exact) mass is 226 g/mol. The fourth-order valence-corrected chi connectivity index (χ4v) is 3.06. The van der Waals surface area contributed by atoms with Crippen LogP contribution in [0.15, 0.2) is 23.8 Å². The number of Topliss-reactive ketones (excluding diaryl/α,β-unsaturated/α-hetero) is 1. The van der Waals surface area contributed by atoms with Gasteiger partial charge in [-0.3, -0.25) is 4.79 Å². The highest BCUT2D eigenvalue weighted by atomic mass is 16.1. The summed E-state index contributed by atoms with van der Waals surface area (Å²) in [6, 6.07) is 6.36. The lowest BCUT2D eigenvalue weighted by molar-refractivity contribution is 0.0922. The number of carbonyl (C=O) groups is 1. The molecule has 0 bridgehead atoms. The second-order valence-electron chi connectivity index (χ2n) is 5.16. The number of rotatable bonds is 1. The topological polar surface area (TPSA) is 17.1 Å². The van der Waals surface area contributed by atoms with E-state index in [0.717, 1.165) is 30.4 Å². The maximum atomic E-state index is 12.5. The van der Waals surface area contributed by atoms with Gasteiger partial charge in [0, 0.05) is 11.5 Å². The van der Waals surface area contributed by atoms with Crippen LogP contribution in [0.25, 0.3) is 6.08 Å². The van der Waals surface area contributed by atoms with Gasteiger partial charge < -0.3 is 0 Å². The number of hydrogen-bond acceptors (Lipinski definition) is 1. The summed E-state index contributed by atoms with van der Waals surface area (Å²) in [6.07, 6.45) is 7.89. The molecule has 88 valence electrons. The third-order valence-corrected chi connectivity index (χ3v) is 4.10. The molecular weight excluding hydrogens is 208 g/mol. The van der Waals surface area contributed by atoms with Crippen molar-refractivity contribution in [1.29, 1.82) is 0 Å². The average Bonchev–Trinajstić information content (AvgIpc) is 2.39. The first kappa shape index (κ1) is 10.8. The van der Waals surface area contributed by atoms with Crippen molar-refractivity contribution in [2.75, 3.05) is 0 Å². The molecule has 0 radical (unpaired) electrons. The van der Waals surface area contributed by atoms with Crippen molar-refractivity contribution in [2.24, 2.45) is 5.92 Å². The lowest BCUT2D eigenvalue weighted by atomic mass is 9.74. The van der Waals surface area contributed by atoms with Crippen LogP contribution in [0.1, 0.15) is 54.1 Å². The number of fused-ring (bicyclic) bond motifs is 2. The molecule has 1 heteroatoms. The van der Waals surface area contributed by atoms with E-state index in [0.29, 0.717) is 5.78 Å². The first-order valence-electron chi connectivity index (χ1n) is 6.67. The molecule has 0 N–H and O–H groups in total. The number of allylic oxidation sites excluding steroid dienone is 1. The van der Waals surface area contributed by atoms with E-state index in [4.69, 9.17) is 0 Å². The molecule has 0 aromatic heterocycles. The molecular formula is C16H18O. The fraction of sp³-hybridized carbons (Fsp3) is 0.438. The van der Waals surface area contributed by atoms with Crippen LogP contribution >= 0.6 is 0 Å².